The Labute approximate surface area is 120 Å². The van der Waals surface area contributed by atoms with Crippen molar-refractivity contribution in [2.45, 2.75) is 25.9 Å². The molecular weight excluding hydrogens is 345 g/mol. The molecule has 0 aliphatic carbocycles. The summed E-state index contributed by atoms with van der Waals surface area (Å²) in [6.07, 6.45) is 1.69. The van der Waals surface area contributed by atoms with E-state index in [2.05, 4.69) is 44.4 Å². The second-order valence-electron chi connectivity index (χ2n) is 4.58. The lowest BCUT2D eigenvalue weighted by molar-refractivity contribution is -0.0257. The number of nitrogens with one attached hydrogen (secondary N) is 1. The van der Waals surface area contributed by atoms with Crippen LogP contribution in [-0.2, 0) is 11.2 Å². The first-order valence-electron chi connectivity index (χ1n) is 6.20. The lowest BCUT2D eigenvalue weighted by Gasteiger charge is -2.29. The van der Waals surface area contributed by atoms with Crippen molar-refractivity contribution in [3.63, 3.8) is 0 Å². The number of hydrogen-bond acceptors (Lipinski definition) is 4. The van der Waals surface area contributed by atoms with E-state index in [-0.39, 0.29) is 11.7 Å². The number of ether oxygens (including phenoxy) is 1. The molecule has 1 aliphatic rings. The molecule has 1 N–H and O–H groups in total. The Balaban J connectivity index is 2.30. The van der Waals surface area contributed by atoms with Crippen LogP contribution in [0, 0.1) is 3.57 Å². The van der Waals surface area contributed by atoms with Crippen LogP contribution in [0.1, 0.15) is 31.0 Å². The first kappa shape index (κ1) is 14.0. The van der Waals surface area contributed by atoms with E-state index in [4.69, 9.17) is 4.74 Å². The van der Waals surface area contributed by atoms with Gasteiger partial charge in [0, 0.05) is 13.1 Å². The minimum Gasteiger partial charge on any atom is -0.368 e. The van der Waals surface area contributed by atoms with Gasteiger partial charge in [-0.25, -0.2) is 4.98 Å². The number of aromatic amines is 1. The summed E-state index contributed by atoms with van der Waals surface area (Å²) in [7, 11) is 2.05. The molecule has 1 saturated heterocycles. The Morgan fingerprint density at radius 2 is 2.39 bits per heavy atom. The maximum atomic E-state index is 11.9. The Morgan fingerprint density at radius 3 is 3.06 bits per heavy atom. The lowest BCUT2D eigenvalue weighted by Crippen LogP contribution is -2.37. The normalized spacial score (nSPS) is 21.2. The molecule has 0 saturated carbocycles. The fourth-order valence-corrected chi connectivity index (χ4v) is 2.55. The van der Waals surface area contributed by atoms with Crippen LogP contribution in [-0.4, -0.2) is 41.6 Å². The van der Waals surface area contributed by atoms with Crippen LogP contribution in [0.2, 0.25) is 0 Å². The third kappa shape index (κ3) is 3.10. The van der Waals surface area contributed by atoms with Crippen molar-refractivity contribution in [1.29, 1.82) is 0 Å². The number of nitrogens with zero attached hydrogens (tertiary/aromatic N) is 2. The summed E-state index contributed by atoms with van der Waals surface area (Å²) in [4.78, 5) is 21.5. The highest BCUT2D eigenvalue weighted by Crippen LogP contribution is 2.18. The zero-order valence-corrected chi connectivity index (χ0v) is 12.9. The molecule has 0 radical (unpaired) electrons. The molecule has 1 fully saturated rings. The van der Waals surface area contributed by atoms with Crippen LogP contribution in [0.5, 0.6) is 0 Å². The van der Waals surface area contributed by atoms with Crippen molar-refractivity contribution < 1.29 is 4.74 Å². The summed E-state index contributed by atoms with van der Waals surface area (Å²) in [5.74, 6) is 0.662. The van der Waals surface area contributed by atoms with Crippen LogP contribution in [0.4, 0.5) is 0 Å². The van der Waals surface area contributed by atoms with Crippen molar-refractivity contribution >= 4 is 22.6 Å². The molecule has 6 heteroatoms. The van der Waals surface area contributed by atoms with E-state index in [0.717, 1.165) is 31.6 Å². The number of rotatable bonds is 3. The van der Waals surface area contributed by atoms with Gasteiger partial charge in [0.1, 0.15) is 11.9 Å². The molecule has 0 spiro atoms. The number of morpholine rings is 1. The number of aryl methyl sites for hydroxylation is 1. The van der Waals surface area contributed by atoms with Crippen LogP contribution in [0.15, 0.2) is 4.79 Å². The fourth-order valence-electron chi connectivity index (χ4n) is 2.02. The van der Waals surface area contributed by atoms with Crippen molar-refractivity contribution in [1.82, 2.24) is 14.9 Å². The number of H-pyrrole nitrogens is 1. The molecular formula is C12H18IN3O2. The topological polar surface area (TPSA) is 58.2 Å². The van der Waals surface area contributed by atoms with Crippen molar-refractivity contribution in [3.05, 3.63) is 25.4 Å². The molecule has 1 aromatic rings. The van der Waals surface area contributed by atoms with Gasteiger partial charge in [-0.1, -0.05) is 13.3 Å². The molecule has 0 amide bonds. The van der Waals surface area contributed by atoms with Gasteiger partial charge in [0.25, 0.3) is 5.56 Å². The summed E-state index contributed by atoms with van der Waals surface area (Å²) in [6, 6.07) is 0. The van der Waals surface area contributed by atoms with Crippen molar-refractivity contribution in [2.24, 2.45) is 0 Å². The quantitative estimate of drug-likeness (QED) is 0.824. The largest absolute Gasteiger partial charge is 0.368 e. The van der Waals surface area contributed by atoms with Gasteiger partial charge in [0.2, 0.25) is 0 Å². The highest BCUT2D eigenvalue weighted by atomic mass is 127. The van der Waals surface area contributed by atoms with Gasteiger partial charge < -0.3 is 14.6 Å². The lowest BCUT2D eigenvalue weighted by atomic mass is 10.2. The zero-order chi connectivity index (χ0) is 13.1. The van der Waals surface area contributed by atoms with E-state index in [9.17, 15) is 4.79 Å². The highest BCUT2D eigenvalue weighted by Gasteiger charge is 2.23. The summed E-state index contributed by atoms with van der Waals surface area (Å²) in [5.41, 5.74) is 0.828. The Hall–Kier alpha value is -0.470. The first-order chi connectivity index (χ1) is 8.61. The average molecular weight is 363 g/mol. The molecule has 1 aliphatic heterocycles. The van der Waals surface area contributed by atoms with Crippen molar-refractivity contribution in [2.75, 3.05) is 26.7 Å². The van der Waals surface area contributed by atoms with Gasteiger partial charge in [-0.05, 0) is 36.1 Å². The smallest absolute Gasteiger partial charge is 0.264 e. The zero-order valence-electron chi connectivity index (χ0n) is 10.7. The van der Waals surface area contributed by atoms with Crippen LogP contribution < -0.4 is 5.56 Å². The van der Waals surface area contributed by atoms with Crippen LogP contribution in [0.3, 0.4) is 0 Å². The second kappa shape index (κ2) is 6.12. The van der Waals surface area contributed by atoms with Gasteiger partial charge in [-0.3, -0.25) is 4.79 Å². The van der Waals surface area contributed by atoms with E-state index in [1.165, 1.54) is 0 Å². The third-order valence-electron chi connectivity index (χ3n) is 3.01. The predicted molar refractivity (Wildman–Crippen MR) is 77.8 cm³/mol. The molecule has 1 atom stereocenters. The van der Waals surface area contributed by atoms with Crippen LogP contribution >= 0.6 is 22.6 Å². The summed E-state index contributed by atoms with van der Waals surface area (Å²) >= 11 is 2.06. The molecule has 5 nitrogen and oxygen atoms in total. The summed E-state index contributed by atoms with van der Waals surface area (Å²) in [5, 5.41) is 0. The predicted octanol–water partition coefficient (Wildman–Crippen LogP) is 1.33. The van der Waals surface area contributed by atoms with Gasteiger partial charge in [-0.15, -0.1) is 0 Å². The van der Waals surface area contributed by atoms with Crippen LogP contribution in [0.25, 0.3) is 0 Å². The Morgan fingerprint density at radius 1 is 1.61 bits per heavy atom. The maximum Gasteiger partial charge on any atom is 0.264 e. The molecule has 100 valence electrons. The van der Waals surface area contributed by atoms with E-state index in [1.54, 1.807) is 0 Å². The average Bonchev–Trinajstić information content (AvgIpc) is 2.35. The number of halogens is 1. The molecule has 18 heavy (non-hydrogen) atoms. The number of likely N-dealkylation sites (N-methyl/N-ethyl adjacent to an activating group) is 1. The number of aromatic nitrogens is 2. The van der Waals surface area contributed by atoms with E-state index in [0.29, 0.717) is 16.0 Å². The fraction of sp³-hybridized carbons (Fsp3) is 0.667. The minimum absolute atomic E-state index is 0.0547. The molecule has 2 heterocycles. The maximum absolute atomic E-state index is 11.9. The van der Waals surface area contributed by atoms with Crippen molar-refractivity contribution in [3.8, 4) is 0 Å². The molecule has 0 bridgehead atoms. The Bertz CT molecular complexity index is 475. The summed E-state index contributed by atoms with van der Waals surface area (Å²) in [6.45, 7) is 4.46. The van der Waals surface area contributed by atoms with E-state index >= 15 is 0 Å². The molecule has 2 rings (SSSR count). The van der Waals surface area contributed by atoms with E-state index < -0.39 is 0 Å². The SMILES string of the molecule is CCCc1nc(C2CN(C)CCO2)[nH]c(=O)c1I. The molecule has 1 aromatic heterocycles. The molecule has 0 aromatic carbocycles. The highest BCUT2D eigenvalue weighted by molar-refractivity contribution is 14.1. The summed E-state index contributed by atoms with van der Waals surface area (Å²) < 4.78 is 6.38. The third-order valence-corrected chi connectivity index (χ3v) is 4.12. The van der Waals surface area contributed by atoms with Gasteiger partial charge in [0.15, 0.2) is 0 Å². The molecule has 1 unspecified atom stereocenters. The minimum atomic E-state index is -0.121. The Kier molecular flexibility index (Phi) is 4.74. The monoisotopic (exact) mass is 363 g/mol. The van der Waals surface area contributed by atoms with Gasteiger partial charge in [0.05, 0.1) is 15.9 Å². The van der Waals surface area contributed by atoms with E-state index in [1.807, 2.05) is 7.05 Å². The van der Waals surface area contributed by atoms with Gasteiger partial charge >= 0.3 is 0 Å². The number of hydrogen-bond donors (Lipinski definition) is 1. The van der Waals surface area contributed by atoms with Gasteiger partial charge in [-0.2, -0.15) is 0 Å². The standard InChI is InChI=1S/C12H18IN3O2/c1-3-4-8-10(13)12(17)15-11(14-8)9-7-16(2)5-6-18-9/h9H,3-7H2,1-2H3,(H,14,15,17). The second-order valence-corrected chi connectivity index (χ2v) is 5.66. The first-order valence-corrected chi connectivity index (χ1v) is 7.28.